The summed E-state index contributed by atoms with van der Waals surface area (Å²) in [7, 11) is 0. The van der Waals surface area contributed by atoms with Crippen molar-refractivity contribution in [3.8, 4) is 11.5 Å². The van der Waals surface area contributed by atoms with Gasteiger partial charge in [0.05, 0.1) is 16.9 Å². The van der Waals surface area contributed by atoms with Crippen LogP contribution in [0.15, 0.2) is 35.1 Å². The van der Waals surface area contributed by atoms with Crippen LogP contribution in [0.5, 0.6) is 11.5 Å². The lowest BCUT2D eigenvalue weighted by Gasteiger charge is -2.14. The fourth-order valence-electron chi connectivity index (χ4n) is 2.17. The van der Waals surface area contributed by atoms with Crippen LogP contribution >= 0.6 is 15.9 Å². The molecule has 1 heterocycles. The first-order valence-electron chi connectivity index (χ1n) is 7.37. The average Bonchev–Trinajstić information content (AvgIpc) is 2.89. The van der Waals surface area contributed by atoms with Crippen LogP contribution in [0.25, 0.3) is 0 Å². The first-order chi connectivity index (χ1) is 10.1. The molecule has 0 aliphatic rings. The summed E-state index contributed by atoms with van der Waals surface area (Å²) in [6.45, 7) is 8.25. The van der Waals surface area contributed by atoms with Gasteiger partial charge < -0.3 is 10.1 Å². The molecular weight excluding hydrogens is 330 g/mol. The van der Waals surface area contributed by atoms with E-state index in [9.17, 15) is 0 Å². The molecular formula is C16H22BrN3O. The van der Waals surface area contributed by atoms with Crippen LogP contribution in [0.3, 0.4) is 0 Å². The Morgan fingerprint density at radius 1 is 1.38 bits per heavy atom. The smallest absolute Gasteiger partial charge is 0.165 e. The van der Waals surface area contributed by atoms with E-state index in [1.807, 2.05) is 16.9 Å². The summed E-state index contributed by atoms with van der Waals surface area (Å²) in [5, 5.41) is 7.67. The average molecular weight is 352 g/mol. The second-order valence-electron chi connectivity index (χ2n) is 5.01. The topological polar surface area (TPSA) is 39.1 Å². The Morgan fingerprint density at radius 2 is 2.19 bits per heavy atom. The maximum Gasteiger partial charge on any atom is 0.165 e. The highest BCUT2D eigenvalue weighted by atomic mass is 79.9. The van der Waals surface area contributed by atoms with Crippen molar-refractivity contribution >= 4 is 15.9 Å². The Bertz CT molecular complexity index is 583. The SMILES string of the molecule is CCCn1cc(Oc2ccc(C(C)NCC)cc2Br)cn1. The number of ether oxygens (including phenoxy) is 1. The molecule has 21 heavy (non-hydrogen) atoms. The molecule has 0 fully saturated rings. The highest BCUT2D eigenvalue weighted by Crippen LogP contribution is 2.31. The van der Waals surface area contributed by atoms with Crippen LogP contribution in [-0.4, -0.2) is 16.3 Å². The highest BCUT2D eigenvalue weighted by Gasteiger charge is 2.09. The molecule has 1 N–H and O–H groups in total. The Labute approximate surface area is 134 Å². The van der Waals surface area contributed by atoms with Crippen molar-refractivity contribution in [2.24, 2.45) is 0 Å². The van der Waals surface area contributed by atoms with Crippen molar-refractivity contribution in [1.82, 2.24) is 15.1 Å². The number of nitrogens with one attached hydrogen (secondary N) is 1. The quantitative estimate of drug-likeness (QED) is 0.796. The van der Waals surface area contributed by atoms with E-state index in [0.717, 1.165) is 35.5 Å². The summed E-state index contributed by atoms with van der Waals surface area (Å²) in [5.74, 6) is 1.56. The van der Waals surface area contributed by atoms with Crippen molar-refractivity contribution in [1.29, 1.82) is 0 Å². The van der Waals surface area contributed by atoms with Crippen LogP contribution in [0, 0.1) is 0 Å². The number of benzene rings is 1. The van der Waals surface area contributed by atoms with Crippen molar-refractivity contribution in [2.45, 2.75) is 39.8 Å². The van der Waals surface area contributed by atoms with Crippen LogP contribution in [0.2, 0.25) is 0 Å². The monoisotopic (exact) mass is 351 g/mol. The Balaban J connectivity index is 2.09. The normalized spacial score (nSPS) is 12.4. The van der Waals surface area contributed by atoms with Gasteiger partial charge in [-0.1, -0.05) is 19.9 Å². The molecule has 4 nitrogen and oxygen atoms in total. The van der Waals surface area contributed by atoms with Crippen molar-refractivity contribution in [3.63, 3.8) is 0 Å². The number of nitrogens with zero attached hydrogens (tertiary/aromatic N) is 2. The van der Waals surface area contributed by atoms with Gasteiger partial charge in [-0.25, -0.2) is 0 Å². The van der Waals surface area contributed by atoms with E-state index in [1.165, 1.54) is 5.56 Å². The van der Waals surface area contributed by atoms with Crippen LogP contribution in [-0.2, 0) is 6.54 Å². The largest absolute Gasteiger partial charge is 0.453 e. The van der Waals surface area contributed by atoms with Crippen LogP contribution < -0.4 is 10.1 Å². The third kappa shape index (κ3) is 4.32. The van der Waals surface area contributed by atoms with E-state index in [4.69, 9.17) is 4.74 Å². The first-order valence-corrected chi connectivity index (χ1v) is 8.16. The summed E-state index contributed by atoms with van der Waals surface area (Å²) < 4.78 is 8.73. The molecule has 2 aromatic rings. The number of aromatic nitrogens is 2. The van der Waals surface area contributed by atoms with Gasteiger partial charge in [-0.15, -0.1) is 0 Å². The van der Waals surface area contributed by atoms with Crippen LogP contribution in [0.4, 0.5) is 0 Å². The molecule has 0 aliphatic carbocycles. The van der Waals surface area contributed by atoms with Crippen molar-refractivity contribution < 1.29 is 4.74 Å². The zero-order valence-electron chi connectivity index (χ0n) is 12.8. The predicted octanol–water partition coefficient (Wildman–Crippen LogP) is 4.52. The minimum atomic E-state index is 0.327. The van der Waals surface area contributed by atoms with E-state index in [1.54, 1.807) is 6.20 Å². The maximum atomic E-state index is 5.88. The zero-order valence-corrected chi connectivity index (χ0v) is 14.4. The second kappa shape index (κ2) is 7.61. The molecule has 0 saturated carbocycles. The first kappa shape index (κ1) is 16.0. The highest BCUT2D eigenvalue weighted by molar-refractivity contribution is 9.10. The van der Waals surface area contributed by atoms with Gasteiger partial charge in [0.25, 0.3) is 0 Å². The standard InChI is InChI=1S/C16H22BrN3O/c1-4-8-20-11-14(10-19-20)21-16-7-6-13(9-15(16)17)12(3)18-5-2/h6-7,9-12,18H,4-5,8H2,1-3H3. The maximum absolute atomic E-state index is 5.88. The number of halogens is 1. The molecule has 0 aliphatic heterocycles. The summed E-state index contributed by atoms with van der Waals surface area (Å²) in [5.41, 5.74) is 1.23. The van der Waals surface area contributed by atoms with Gasteiger partial charge in [0, 0.05) is 12.6 Å². The summed E-state index contributed by atoms with van der Waals surface area (Å²) in [6.07, 6.45) is 4.73. The van der Waals surface area contributed by atoms with Gasteiger partial charge in [0.15, 0.2) is 5.75 Å². The lowest BCUT2D eigenvalue weighted by atomic mass is 10.1. The van der Waals surface area contributed by atoms with Gasteiger partial charge in [-0.3, -0.25) is 4.68 Å². The van der Waals surface area contributed by atoms with Crippen LogP contribution in [0.1, 0.15) is 38.8 Å². The Kier molecular flexibility index (Phi) is 5.82. The molecule has 0 bridgehead atoms. The number of rotatable bonds is 7. The fraction of sp³-hybridized carbons (Fsp3) is 0.438. The van der Waals surface area contributed by atoms with Crippen molar-refractivity contribution in [2.75, 3.05) is 6.54 Å². The number of aryl methyl sites for hydroxylation is 1. The summed E-state index contributed by atoms with van der Waals surface area (Å²) >= 11 is 3.58. The van der Waals surface area contributed by atoms with E-state index in [0.29, 0.717) is 6.04 Å². The van der Waals surface area contributed by atoms with Gasteiger partial charge in [-0.2, -0.15) is 5.10 Å². The van der Waals surface area contributed by atoms with E-state index in [2.05, 4.69) is 59.2 Å². The molecule has 1 atom stereocenters. The third-order valence-electron chi connectivity index (χ3n) is 3.26. The molecule has 1 aromatic heterocycles. The van der Waals surface area contributed by atoms with Gasteiger partial charge >= 0.3 is 0 Å². The van der Waals surface area contributed by atoms with Crippen molar-refractivity contribution in [3.05, 3.63) is 40.6 Å². The van der Waals surface area contributed by atoms with E-state index < -0.39 is 0 Å². The van der Waals surface area contributed by atoms with Gasteiger partial charge in [0.2, 0.25) is 0 Å². The minimum absolute atomic E-state index is 0.327. The third-order valence-corrected chi connectivity index (χ3v) is 3.88. The molecule has 0 saturated heterocycles. The molecule has 0 amide bonds. The summed E-state index contributed by atoms with van der Waals surface area (Å²) in [6, 6.07) is 6.50. The minimum Gasteiger partial charge on any atom is -0.453 e. The predicted molar refractivity (Wildman–Crippen MR) is 88.8 cm³/mol. The Morgan fingerprint density at radius 3 is 2.86 bits per heavy atom. The molecule has 0 spiro atoms. The van der Waals surface area contributed by atoms with E-state index in [-0.39, 0.29) is 0 Å². The Hall–Kier alpha value is -1.33. The van der Waals surface area contributed by atoms with E-state index >= 15 is 0 Å². The fourth-order valence-corrected chi connectivity index (χ4v) is 2.65. The number of hydrogen-bond acceptors (Lipinski definition) is 3. The molecule has 5 heteroatoms. The molecule has 114 valence electrons. The zero-order chi connectivity index (χ0) is 15.2. The lowest BCUT2D eigenvalue weighted by molar-refractivity contribution is 0.476. The molecule has 2 rings (SSSR count). The second-order valence-corrected chi connectivity index (χ2v) is 5.86. The molecule has 1 aromatic carbocycles. The van der Waals surface area contributed by atoms with Gasteiger partial charge in [0.1, 0.15) is 5.75 Å². The summed E-state index contributed by atoms with van der Waals surface area (Å²) in [4.78, 5) is 0. The van der Waals surface area contributed by atoms with Gasteiger partial charge in [-0.05, 0) is 53.5 Å². The molecule has 0 radical (unpaired) electrons. The lowest BCUT2D eigenvalue weighted by Crippen LogP contribution is -2.17. The number of hydrogen-bond donors (Lipinski definition) is 1. The molecule has 1 unspecified atom stereocenters.